The number of aromatic nitrogens is 2. The Morgan fingerprint density at radius 3 is 3.18 bits per heavy atom. The molecule has 0 saturated heterocycles. The van der Waals surface area contributed by atoms with E-state index in [-0.39, 0.29) is 5.56 Å². The number of aromatic amines is 1. The number of nitrogens with zero attached hydrogens (tertiary/aromatic N) is 1. The summed E-state index contributed by atoms with van der Waals surface area (Å²) < 4.78 is 5.70. The van der Waals surface area contributed by atoms with Gasteiger partial charge in [-0.05, 0) is 24.5 Å². The second-order valence-electron chi connectivity index (χ2n) is 4.04. The van der Waals surface area contributed by atoms with Gasteiger partial charge in [0.05, 0.1) is 18.6 Å². The van der Waals surface area contributed by atoms with E-state index in [0.717, 1.165) is 30.8 Å². The smallest absolute Gasteiger partial charge is 0.251 e. The van der Waals surface area contributed by atoms with Crippen LogP contribution in [0.4, 0.5) is 0 Å². The molecule has 1 aliphatic heterocycles. The van der Waals surface area contributed by atoms with Crippen molar-refractivity contribution in [2.24, 2.45) is 0 Å². The third-order valence-electron chi connectivity index (χ3n) is 2.89. The summed E-state index contributed by atoms with van der Waals surface area (Å²) in [7, 11) is 0. The summed E-state index contributed by atoms with van der Waals surface area (Å²) in [6, 6.07) is 7.47. The van der Waals surface area contributed by atoms with Crippen LogP contribution in [-0.2, 0) is 6.42 Å². The van der Waals surface area contributed by atoms with Crippen LogP contribution in [0.25, 0.3) is 11.3 Å². The lowest BCUT2D eigenvalue weighted by Gasteiger charge is -2.19. The van der Waals surface area contributed by atoms with Gasteiger partial charge in [0, 0.05) is 11.6 Å². The van der Waals surface area contributed by atoms with E-state index in [2.05, 4.69) is 16.0 Å². The van der Waals surface area contributed by atoms with Crippen molar-refractivity contribution in [2.75, 3.05) is 6.61 Å². The lowest BCUT2D eigenvalue weighted by molar-refractivity contribution is 0.289. The van der Waals surface area contributed by atoms with Crippen LogP contribution in [0.2, 0.25) is 0 Å². The molecule has 17 heavy (non-hydrogen) atoms. The van der Waals surface area contributed by atoms with E-state index in [1.54, 1.807) is 0 Å². The zero-order valence-electron chi connectivity index (χ0n) is 9.27. The number of hydrogen-bond donors (Lipinski definition) is 1. The molecular formula is C13H12N2O2. The number of nitrogens with one attached hydrogen (secondary N) is 1. The van der Waals surface area contributed by atoms with Gasteiger partial charge >= 0.3 is 0 Å². The van der Waals surface area contributed by atoms with Gasteiger partial charge in [-0.3, -0.25) is 4.79 Å². The molecule has 4 heteroatoms. The Kier molecular flexibility index (Phi) is 2.40. The zero-order valence-corrected chi connectivity index (χ0v) is 9.27. The van der Waals surface area contributed by atoms with Gasteiger partial charge in [0.25, 0.3) is 5.56 Å². The van der Waals surface area contributed by atoms with E-state index in [1.165, 1.54) is 18.0 Å². The standard InChI is InChI=1S/C13H12N2O2/c16-12-7-11(14-8-15-12)10-5-1-3-9-4-2-6-17-13(9)10/h1,3,5,7-8H,2,4,6H2,(H,14,15,16). The van der Waals surface area contributed by atoms with Gasteiger partial charge in [0.1, 0.15) is 5.75 Å². The van der Waals surface area contributed by atoms with Crippen molar-refractivity contribution in [3.05, 3.63) is 46.5 Å². The molecule has 1 N–H and O–H groups in total. The van der Waals surface area contributed by atoms with Crippen LogP contribution in [0.5, 0.6) is 5.75 Å². The predicted molar refractivity (Wildman–Crippen MR) is 64.1 cm³/mol. The van der Waals surface area contributed by atoms with Crippen LogP contribution >= 0.6 is 0 Å². The second kappa shape index (κ2) is 4.05. The molecule has 0 aliphatic carbocycles. The van der Waals surface area contributed by atoms with Crippen LogP contribution in [0.1, 0.15) is 12.0 Å². The summed E-state index contributed by atoms with van der Waals surface area (Å²) in [4.78, 5) is 18.0. The van der Waals surface area contributed by atoms with E-state index >= 15 is 0 Å². The molecule has 1 aromatic heterocycles. The van der Waals surface area contributed by atoms with Gasteiger partial charge in [-0.25, -0.2) is 4.98 Å². The summed E-state index contributed by atoms with van der Waals surface area (Å²) in [5.41, 5.74) is 2.60. The van der Waals surface area contributed by atoms with E-state index in [9.17, 15) is 4.79 Å². The number of para-hydroxylation sites is 1. The highest BCUT2D eigenvalue weighted by Crippen LogP contribution is 2.34. The van der Waals surface area contributed by atoms with Gasteiger partial charge in [-0.2, -0.15) is 0 Å². The van der Waals surface area contributed by atoms with Gasteiger partial charge in [0.2, 0.25) is 0 Å². The number of hydrogen-bond acceptors (Lipinski definition) is 3. The lowest BCUT2D eigenvalue weighted by atomic mass is 10.0. The van der Waals surface area contributed by atoms with E-state index in [4.69, 9.17) is 4.74 Å². The number of H-pyrrole nitrogens is 1. The Morgan fingerprint density at radius 2 is 2.29 bits per heavy atom. The van der Waals surface area contributed by atoms with Crippen molar-refractivity contribution >= 4 is 0 Å². The number of aryl methyl sites for hydroxylation is 1. The summed E-state index contributed by atoms with van der Waals surface area (Å²) in [5, 5.41) is 0. The maximum atomic E-state index is 11.3. The molecule has 0 saturated carbocycles. The third-order valence-corrected chi connectivity index (χ3v) is 2.89. The zero-order chi connectivity index (χ0) is 11.7. The Morgan fingerprint density at radius 1 is 1.35 bits per heavy atom. The molecule has 0 bridgehead atoms. The van der Waals surface area contributed by atoms with Crippen LogP contribution < -0.4 is 10.3 Å². The topological polar surface area (TPSA) is 55.0 Å². The van der Waals surface area contributed by atoms with Crippen LogP contribution in [0, 0.1) is 0 Å². The third kappa shape index (κ3) is 1.82. The fourth-order valence-corrected chi connectivity index (χ4v) is 2.11. The van der Waals surface area contributed by atoms with Crippen LogP contribution in [0.3, 0.4) is 0 Å². The lowest BCUT2D eigenvalue weighted by Crippen LogP contribution is -2.10. The van der Waals surface area contributed by atoms with E-state index in [0.29, 0.717) is 5.69 Å². The Bertz CT molecular complexity index is 604. The molecule has 2 heterocycles. The Hall–Kier alpha value is -2.10. The van der Waals surface area contributed by atoms with Crippen LogP contribution in [-0.4, -0.2) is 16.6 Å². The van der Waals surface area contributed by atoms with Gasteiger partial charge in [0.15, 0.2) is 0 Å². The molecular weight excluding hydrogens is 216 g/mol. The molecule has 1 aromatic carbocycles. The molecule has 3 rings (SSSR count). The molecule has 0 spiro atoms. The molecule has 0 unspecified atom stereocenters. The molecule has 1 aliphatic rings. The second-order valence-corrected chi connectivity index (χ2v) is 4.04. The number of ether oxygens (including phenoxy) is 1. The van der Waals surface area contributed by atoms with E-state index < -0.39 is 0 Å². The number of rotatable bonds is 1. The fraction of sp³-hybridized carbons (Fsp3) is 0.231. The van der Waals surface area contributed by atoms with Crippen LogP contribution in [0.15, 0.2) is 35.4 Å². The summed E-state index contributed by atoms with van der Waals surface area (Å²) >= 11 is 0. The number of benzene rings is 1. The highest BCUT2D eigenvalue weighted by molar-refractivity contribution is 5.69. The largest absolute Gasteiger partial charge is 0.493 e. The first-order valence-electron chi connectivity index (χ1n) is 5.64. The Balaban J connectivity index is 2.18. The predicted octanol–water partition coefficient (Wildman–Crippen LogP) is 1.76. The van der Waals surface area contributed by atoms with Crippen molar-refractivity contribution in [3.8, 4) is 17.0 Å². The minimum Gasteiger partial charge on any atom is -0.493 e. The van der Waals surface area contributed by atoms with E-state index in [1.807, 2.05) is 12.1 Å². The van der Waals surface area contributed by atoms with Gasteiger partial charge < -0.3 is 9.72 Å². The normalized spacial score (nSPS) is 13.9. The molecule has 0 amide bonds. The van der Waals surface area contributed by atoms with Crippen molar-refractivity contribution < 1.29 is 4.74 Å². The van der Waals surface area contributed by atoms with Crippen molar-refractivity contribution in [1.29, 1.82) is 0 Å². The Labute approximate surface area is 98.3 Å². The van der Waals surface area contributed by atoms with Crippen molar-refractivity contribution in [2.45, 2.75) is 12.8 Å². The quantitative estimate of drug-likeness (QED) is 0.809. The summed E-state index contributed by atoms with van der Waals surface area (Å²) in [6.45, 7) is 0.729. The minimum atomic E-state index is -0.150. The average Bonchev–Trinajstić information content (AvgIpc) is 2.38. The molecule has 0 radical (unpaired) electrons. The summed E-state index contributed by atoms with van der Waals surface area (Å²) in [5.74, 6) is 0.872. The first-order chi connectivity index (χ1) is 8.34. The molecule has 4 nitrogen and oxygen atoms in total. The monoisotopic (exact) mass is 228 g/mol. The molecule has 2 aromatic rings. The SMILES string of the molecule is O=c1cc(-c2cccc3c2OCCC3)nc[nH]1. The van der Waals surface area contributed by atoms with Crippen molar-refractivity contribution in [3.63, 3.8) is 0 Å². The van der Waals surface area contributed by atoms with Gasteiger partial charge in [-0.1, -0.05) is 12.1 Å². The molecule has 86 valence electrons. The first-order valence-corrected chi connectivity index (χ1v) is 5.64. The highest BCUT2D eigenvalue weighted by Gasteiger charge is 2.16. The summed E-state index contributed by atoms with van der Waals surface area (Å²) in [6.07, 6.45) is 3.48. The maximum Gasteiger partial charge on any atom is 0.251 e. The average molecular weight is 228 g/mol. The van der Waals surface area contributed by atoms with Gasteiger partial charge in [-0.15, -0.1) is 0 Å². The number of fused-ring (bicyclic) bond motifs is 1. The highest BCUT2D eigenvalue weighted by atomic mass is 16.5. The molecule has 0 atom stereocenters. The maximum absolute atomic E-state index is 11.3. The minimum absolute atomic E-state index is 0.150. The fourth-order valence-electron chi connectivity index (χ4n) is 2.11. The first kappa shape index (κ1) is 10.1. The van der Waals surface area contributed by atoms with Crippen molar-refractivity contribution in [1.82, 2.24) is 9.97 Å². The molecule has 0 fully saturated rings.